The Hall–Kier alpha value is -1.92. The maximum atomic E-state index is 12.5. The van der Waals surface area contributed by atoms with Gasteiger partial charge in [0.05, 0.1) is 12.0 Å². The number of carbonyl (C=O) groups is 2. The molecule has 1 fully saturated rings. The summed E-state index contributed by atoms with van der Waals surface area (Å²) in [6, 6.07) is 7.34. The minimum atomic E-state index is -1.06. The van der Waals surface area contributed by atoms with E-state index in [0.717, 1.165) is 18.4 Å². The maximum Gasteiger partial charge on any atom is 0.355 e. The summed E-state index contributed by atoms with van der Waals surface area (Å²) in [7, 11) is 0. The first-order chi connectivity index (χ1) is 10.5. The van der Waals surface area contributed by atoms with Crippen molar-refractivity contribution in [2.24, 2.45) is 0 Å². The summed E-state index contributed by atoms with van der Waals surface area (Å²) in [4.78, 5) is 27.2. The molecule has 7 heteroatoms. The number of rotatable bonds is 5. The molecule has 2 aromatic rings. The molecule has 114 valence electrons. The van der Waals surface area contributed by atoms with Gasteiger partial charge >= 0.3 is 5.97 Å². The lowest BCUT2D eigenvalue weighted by Crippen LogP contribution is -2.34. The third-order valence-corrected chi connectivity index (χ3v) is 4.82. The molecule has 0 radical (unpaired) electrons. The largest absolute Gasteiger partial charge is 0.476 e. The van der Waals surface area contributed by atoms with Crippen molar-refractivity contribution in [2.75, 3.05) is 0 Å². The zero-order valence-electron chi connectivity index (χ0n) is 11.5. The van der Waals surface area contributed by atoms with E-state index in [2.05, 4.69) is 10.3 Å². The molecule has 1 aliphatic rings. The van der Waals surface area contributed by atoms with Crippen molar-refractivity contribution in [2.45, 2.75) is 24.8 Å². The van der Waals surface area contributed by atoms with Gasteiger partial charge in [-0.2, -0.15) is 0 Å². The van der Waals surface area contributed by atoms with Crippen LogP contribution in [0.1, 0.15) is 33.9 Å². The quantitative estimate of drug-likeness (QED) is 0.880. The van der Waals surface area contributed by atoms with Crippen LogP contribution in [0.25, 0.3) is 0 Å². The van der Waals surface area contributed by atoms with E-state index in [-0.39, 0.29) is 18.1 Å². The molecule has 1 aliphatic carbocycles. The normalized spacial score (nSPS) is 15.3. The second-order valence-electron chi connectivity index (χ2n) is 5.21. The molecular formula is C15H13ClN2O3S. The number of aromatic carboxylic acids is 1. The van der Waals surface area contributed by atoms with E-state index in [9.17, 15) is 9.59 Å². The highest BCUT2D eigenvalue weighted by molar-refractivity contribution is 7.09. The summed E-state index contributed by atoms with van der Waals surface area (Å²) < 4.78 is 0. The van der Waals surface area contributed by atoms with Crippen LogP contribution in [0.15, 0.2) is 29.6 Å². The average Bonchev–Trinajstić information content (AvgIpc) is 3.16. The minimum Gasteiger partial charge on any atom is -0.476 e. The fourth-order valence-electron chi connectivity index (χ4n) is 2.37. The molecule has 3 rings (SSSR count). The van der Waals surface area contributed by atoms with E-state index in [0.29, 0.717) is 10.0 Å². The van der Waals surface area contributed by atoms with Crippen molar-refractivity contribution >= 4 is 34.8 Å². The molecule has 1 amide bonds. The van der Waals surface area contributed by atoms with Crippen molar-refractivity contribution in [3.63, 3.8) is 0 Å². The predicted octanol–water partition coefficient (Wildman–Crippen LogP) is 2.84. The Morgan fingerprint density at radius 1 is 1.41 bits per heavy atom. The molecular weight excluding hydrogens is 324 g/mol. The van der Waals surface area contributed by atoms with Crippen molar-refractivity contribution in [3.8, 4) is 0 Å². The van der Waals surface area contributed by atoms with E-state index in [1.807, 2.05) is 18.2 Å². The number of hydrogen-bond acceptors (Lipinski definition) is 4. The number of aromatic nitrogens is 1. The average molecular weight is 337 g/mol. The van der Waals surface area contributed by atoms with Gasteiger partial charge in [0.1, 0.15) is 5.01 Å². The Bertz CT molecular complexity index is 740. The van der Waals surface area contributed by atoms with Crippen LogP contribution in [0, 0.1) is 0 Å². The summed E-state index contributed by atoms with van der Waals surface area (Å²) in [5, 5.41) is 14.3. The van der Waals surface area contributed by atoms with Crippen molar-refractivity contribution in [3.05, 3.63) is 50.9 Å². The van der Waals surface area contributed by atoms with E-state index in [1.165, 1.54) is 16.7 Å². The Morgan fingerprint density at radius 2 is 2.18 bits per heavy atom. The van der Waals surface area contributed by atoms with Crippen LogP contribution in [-0.4, -0.2) is 22.0 Å². The Morgan fingerprint density at radius 3 is 2.77 bits per heavy atom. The molecule has 22 heavy (non-hydrogen) atoms. The number of nitrogens with one attached hydrogen (secondary N) is 1. The third-order valence-electron chi connectivity index (χ3n) is 3.73. The molecule has 0 atom stereocenters. The van der Waals surface area contributed by atoms with Gasteiger partial charge in [0.25, 0.3) is 0 Å². The molecule has 0 saturated heterocycles. The standard InChI is InChI=1S/C15H13ClN2O3S/c16-10-3-1-2-9(6-10)15(4-5-15)14(21)17-7-12-18-11(8-22-12)13(19)20/h1-3,6,8H,4-5,7H2,(H,17,21)(H,19,20). The summed E-state index contributed by atoms with van der Waals surface area (Å²) >= 11 is 7.21. The lowest BCUT2D eigenvalue weighted by atomic mass is 9.95. The van der Waals surface area contributed by atoms with Gasteiger partial charge in [0.15, 0.2) is 5.69 Å². The SMILES string of the molecule is O=C(O)c1csc(CNC(=O)C2(c3cccc(Cl)c3)CC2)n1. The highest BCUT2D eigenvalue weighted by Gasteiger charge is 2.51. The monoisotopic (exact) mass is 336 g/mol. The topological polar surface area (TPSA) is 79.3 Å². The fourth-order valence-corrected chi connectivity index (χ4v) is 3.27. The fraction of sp³-hybridized carbons (Fsp3) is 0.267. The van der Waals surface area contributed by atoms with Crippen LogP contribution in [0.3, 0.4) is 0 Å². The number of benzene rings is 1. The van der Waals surface area contributed by atoms with Gasteiger partial charge in [0, 0.05) is 10.4 Å². The number of nitrogens with zero attached hydrogens (tertiary/aromatic N) is 1. The summed E-state index contributed by atoms with van der Waals surface area (Å²) in [5.41, 5.74) is 0.422. The molecule has 0 spiro atoms. The molecule has 0 bridgehead atoms. The minimum absolute atomic E-state index is 0.00484. The van der Waals surface area contributed by atoms with Crippen molar-refractivity contribution in [1.82, 2.24) is 10.3 Å². The van der Waals surface area contributed by atoms with E-state index in [1.54, 1.807) is 6.07 Å². The maximum absolute atomic E-state index is 12.5. The predicted molar refractivity (Wildman–Crippen MR) is 83.3 cm³/mol. The summed E-state index contributed by atoms with van der Waals surface area (Å²) in [6.45, 7) is 0.235. The van der Waals surface area contributed by atoms with Gasteiger partial charge in [-0.1, -0.05) is 23.7 Å². The highest BCUT2D eigenvalue weighted by atomic mass is 35.5. The lowest BCUT2D eigenvalue weighted by molar-refractivity contribution is -0.123. The van der Waals surface area contributed by atoms with Crippen LogP contribution >= 0.6 is 22.9 Å². The smallest absolute Gasteiger partial charge is 0.355 e. The number of carboxylic acid groups (broad SMARTS) is 1. The Labute approximate surface area is 136 Å². The first-order valence-corrected chi connectivity index (χ1v) is 7.99. The van der Waals surface area contributed by atoms with Crippen molar-refractivity contribution < 1.29 is 14.7 Å². The van der Waals surface area contributed by atoms with Crippen molar-refractivity contribution in [1.29, 1.82) is 0 Å². The van der Waals surface area contributed by atoms with Gasteiger partial charge in [-0.05, 0) is 30.5 Å². The number of hydrogen-bond donors (Lipinski definition) is 2. The van der Waals surface area contributed by atoms with E-state index in [4.69, 9.17) is 16.7 Å². The van der Waals surface area contributed by atoms with E-state index < -0.39 is 11.4 Å². The molecule has 1 saturated carbocycles. The molecule has 2 N–H and O–H groups in total. The highest BCUT2D eigenvalue weighted by Crippen LogP contribution is 2.48. The number of halogens is 1. The van der Waals surface area contributed by atoms with Crippen LogP contribution in [0.2, 0.25) is 5.02 Å². The van der Waals surface area contributed by atoms with Gasteiger partial charge < -0.3 is 10.4 Å². The molecule has 1 heterocycles. The second kappa shape index (κ2) is 5.70. The molecule has 0 aliphatic heterocycles. The third kappa shape index (κ3) is 2.84. The van der Waals surface area contributed by atoms with Crippen LogP contribution in [0.4, 0.5) is 0 Å². The number of thiazole rings is 1. The van der Waals surface area contributed by atoms with Gasteiger partial charge in [0.2, 0.25) is 5.91 Å². The molecule has 0 unspecified atom stereocenters. The molecule has 5 nitrogen and oxygen atoms in total. The number of carbonyl (C=O) groups excluding carboxylic acids is 1. The Balaban J connectivity index is 1.68. The van der Waals surface area contributed by atoms with Gasteiger partial charge in [-0.15, -0.1) is 11.3 Å². The number of amides is 1. The zero-order valence-corrected chi connectivity index (χ0v) is 13.1. The summed E-state index contributed by atoms with van der Waals surface area (Å²) in [5.74, 6) is -1.13. The summed E-state index contributed by atoms with van der Waals surface area (Å²) in [6.07, 6.45) is 1.58. The number of carboxylic acids is 1. The van der Waals surface area contributed by atoms with E-state index >= 15 is 0 Å². The Kier molecular flexibility index (Phi) is 3.88. The lowest BCUT2D eigenvalue weighted by Gasteiger charge is -2.15. The first-order valence-electron chi connectivity index (χ1n) is 6.73. The van der Waals surface area contributed by atoms with Crippen LogP contribution in [0.5, 0.6) is 0 Å². The molecule has 1 aromatic heterocycles. The first kappa shape index (κ1) is 15.0. The van der Waals surface area contributed by atoms with Gasteiger partial charge in [-0.3, -0.25) is 4.79 Å². The molecule has 1 aromatic carbocycles. The zero-order chi connectivity index (χ0) is 15.7. The van der Waals surface area contributed by atoms with Crippen LogP contribution < -0.4 is 5.32 Å². The van der Waals surface area contributed by atoms with Gasteiger partial charge in [-0.25, -0.2) is 9.78 Å². The van der Waals surface area contributed by atoms with Crippen LogP contribution in [-0.2, 0) is 16.8 Å². The second-order valence-corrected chi connectivity index (χ2v) is 6.59.